The van der Waals surface area contributed by atoms with E-state index < -0.39 is 0 Å². The van der Waals surface area contributed by atoms with Crippen LogP contribution in [-0.2, 0) is 11.2 Å². The number of anilines is 1. The molecule has 0 unspecified atom stereocenters. The highest BCUT2D eigenvalue weighted by molar-refractivity contribution is 5.73. The molecule has 0 radical (unpaired) electrons. The van der Waals surface area contributed by atoms with E-state index in [0.717, 1.165) is 56.8 Å². The Kier molecular flexibility index (Phi) is 4.90. The Morgan fingerprint density at radius 1 is 1.18 bits per heavy atom. The lowest BCUT2D eigenvalue weighted by Crippen LogP contribution is -2.42. The summed E-state index contributed by atoms with van der Waals surface area (Å²) in [4.78, 5) is 25.0. The Hall–Kier alpha value is -1.65. The third-order valence-electron chi connectivity index (χ3n) is 4.90. The third kappa shape index (κ3) is 3.57. The van der Waals surface area contributed by atoms with Crippen molar-refractivity contribution in [3.8, 4) is 0 Å². The summed E-state index contributed by atoms with van der Waals surface area (Å²) >= 11 is 0. The van der Waals surface area contributed by atoms with E-state index in [9.17, 15) is 4.79 Å². The van der Waals surface area contributed by atoms with Crippen LogP contribution in [-0.4, -0.2) is 46.5 Å². The average molecular weight is 302 g/mol. The zero-order valence-corrected chi connectivity index (χ0v) is 13.5. The Labute approximate surface area is 132 Å². The lowest BCUT2D eigenvalue weighted by molar-refractivity contribution is -0.132. The van der Waals surface area contributed by atoms with Gasteiger partial charge in [0.15, 0.2) is 0 Å². The summed E-state index contributed by atoms with van der Waals surface area (Å²) in [6.45, 7) is 4.83. The Morgan fingerprint density at radius 3 is 2.73 bits per heavy atom. The maximum Gasteiger partial charge on any atom is 0.219 e. The molecule has 0 aromatic carbocycles. The first-order valence-corrected chi connectivity index (χ1v) is 8.57. The largest absolute Gasteiger partial charge is 0.357 e. The van der Waals surface area contributed by atoms with Crippen molar-refractivity contribution in [2.45, 2.75) is 57.9 Å². The molecule has 1 atom stereocenters. The van der Waals surface area contributed by atoms with Crippen molar-refractivity contribution in [3.63, 3.8) is 0 Å². The number of nitrogens with zero attached hydrogens (tertiary/aromatic N) is 4. The first kappa shape index (κ1) is 15.3. The summed E-state index contributed by atoms with van der Waals surface area (Å²) in [5.41, 5.74) is 1.10. The van der Waals surface area contributed by atoms with Gasteiger partial charge in [-0.25, -0.2) is 9.97 Å². The highest BCUT2D eigenvalue weighted by Gasteiger charge is 2.24. The highest BCUT2D eigenvalue weighted by Crippen LogP contribution is 2.22. The van der Waals surface area contributed by atoms with E-state index in [-0.39, 0.29) is 5.91 Å². The molecule has 3 heterocycles. The lowest BCUT2D eigenvalue weighted by Gasteiger charge is -2.35. The minimum Gasteiger partial charge on any atom is -0.357 e. The van der Waals surface area contributed by atoms with E-state index in [2.05, 4.69) is 20.9 Å². The fourth-order valence-electron chi connectivity index (χ4n) is 3.67. The Balaban J connectivity index is 1.60. The first-order valence-electron chi connectivity index (χ1n) is 8.57. The Morgan fingerprint density at radius 2 is 1.95 bits per heavy atom. The number of amides is 1. The summed E-state index contributed by atoms with van der Waals surface area (Å²) < 4.78 is 0. The molecular weight excluding hydrogens is 276 g/mol. The quantitative estimate of drug-likeness (QED) is 0.857. The van der Waals surface area contributed by atoms with Crippen molar-refractivity contribution >= 4 is 11.7 Å². The average Bonchev–Trinajstić information content (AvgIpc) is 3.08. The zero-order chi connectivity index (χ0) is 15.4. The number of hydrogen-bond acceptors (Lipinski definition) is 4. The number of hydrogen-bond donors (Lipinski definition) is 0. The summed E-state index contributed by atoms with van der Waals surface area (Å²) in [7, 11) is 0. The third-order valence-corrected chi connectivity index (χ3v) is 4.90. The normalized spacial score (nSPS) is 22.1. The van der Waals surface area contributed by atoms with Crippen molar-refractivity contribution in [2.24, 2.45) is 0 Å². The summed E-state index contributed by atoms with van der Waals surface area (Å²) in [5, 5.41) is 0. The number of aromatic nitrogens is 2. The molecule has 2 saturated heterocycles. The second kappa shape index (κ2) is 7.07. The molecule has 2 aliphatic heterocycles. The number of rotatable bonds is 4. The standard InChI is InChI=1S/C17H26N4O/c1-14(22)21-11-3-2-6-16(21)8-7-15-12-17(19-13-18-15)20-9-4-5-10-20/h12-13,16H,2-11H2,1H3/t16-/m0/s1. The molecular formula is C17H26N4O. The van der Waals surface area contributed by atoms with Crippen molar-refractivity contribution in [3.05, 3.63) is 18.1 Å². The molecule has 5 nitrogen and oxygen atoms in total. The van der Waals surface area contributed by atoms with Crippen LogP contribution in [0.5, 0.6) is 0 Å². The summed E-state index contributed by atoms with van der Waals surface area (Å²) in [6, 6.07) is 2.52. The maximum atomic E-state index is 11.7. The topological polar surface area (TPSA) is 49.3 Å². The first-order chi connectivity index (χ1) is 10.7. The molecule has 0 aliphatic carbocycles. The minimum absolute atomic E-state index is 0.213. The molecule has 2 fully saturated rings. The van der Waals surface area contributed by atoms with Crippen LogP contribution < -0.4 is 4.90 Å². The molecule has 0 N–H and O–H groups in total. The van der Waals surface area contributed by atoms with Gasteiger partial charge in [0.2, 0.25) is 5.91 Å². The van der Waals surface area contributed by atoms with Gasteiger partial charge in [-0.3, -0.25) is 4.79 Å². The molecule has 120 valence electrons. The molecule has 0 bridgehead atoms. The molecule has 1 aromatic rings. The summed E-state index contributed by atoms with van der Waals surface area (Å²) in [6.07, 6.45) is 9.65. The second-order valence-electron chi connectivity index (χ2n) is 6.46. The number of likely N-dealkylation sites (tertiary alicyclic amines) is 1. The van der Waals surface area contributed by atoms with E-state index in [1.807, 2.05) is 4.90 Å². The minimum atomic E-state index is 0.213. The fraction of sp³-hybridized carbons (Fsp3) is 0.706. The van der Waals surface area contributed by atoms with Gasteiger partial charge in [0, 0.05) is 44.4 Å². The number of carbonyl (C=O) groups is 1. The number of aryl methyl sites for hydroxylation is 1. The fourth-order valence-corrected chi connectivity index (χ4v) is 3.67. The van der Waals surface area contributed by atoms with Gasteiger partial charge in [-0.1, -0.05) is 0 Å². The van der Waals surface area contributed by atoms with Gasteiger partial charge in [-0.05, 0) is 44.9 Å². The van der Waals surface area contributed by atoms with Crippen LogP contribution in [0.2, 0.25) is 0 Å². The maximum absolute atomic E-state index is 11.7. The second-order valence-corrected chi connectivity index (χ2v) is 6.46. The van der Waals surface area contributed by atoms with Crippen LogP contribution in [0.15, 0.2) is 12.4 Å². The monoisotopic (exact) mass is 302 g/mol. The molecule has 22 heavy (non-hydrogen) atoms. The van der Waals surface area contributed by atoms with Crippen molar-refractivity contribution in [2.75, 3.05) is 24.5 Å². The van der Waals surface area contributed by atoms with Crippen LogP contribution >= 0.6 is 0 Å². The van der Waals surface area contributed by atoms with Gasteiger partial charge in [-0.15, -0.1) is 0 Å². The van der Waals surface area contributed by atoms with Gasteiger partial charge in [0.25, 0.3) is 0 Å². The van der Waals surface area contributed by atoms with E-state index in [4.69, 9.17) is 0 Å². The van der Waals surface area contributed by atoms with Crippen molar-refractivity contribution < 1.29 is 4.79 Å². The number of carbonyl (C=O) groups excluding carboxylic acids is 1. The molecule has 2 aliphatic rings. The van der Waals surface area contributed by atoms with Crippen LogP contribution in [0.1, 0.15) is 51.1 Å². The van der Waals surface area contributed by atoms with E-state index in [1.165, 1.54) is 19.3 Å². The van der Waals surface area contributed by atoms with Gasteiger partial charge in [0.1, 0.15) is 12.1 Å². The number of piperidine rings is 1. The molecule has 3 rings (SSSR count). The predicted octanol–water partition coefficient (Wildman–Crippen LogP) is 2.41. The molecule has 0 saturated carbocycles. The van der Waals surface area contributed by atoms with Crippen LogP contribution in [0.3, 0.4) is 0 Å². The molecule has 1 aromatic heterocycles. The van der Waals surface area contributed by atoms with E-state index >= 15 is 0 Å². The highest BCUT2D eigenvalue weighted by atomic mass is 16.2. The molecule has 1 amide bonds. The Bertz CT molecular complexity index is 513. The zero-order valence-electron chi connectivity index (χ0n) is 13.5. The van der Waals surface area contributed by atoms with Gasteiger partial charge in [0.05, 0.1) is 0 Å². The lowest BCUT2D eigenvalue weighted by atomic mass is 9.97. The van der Waals surface area contributed by atoms with Gasteiger partial charge < -0.3 is 9.80 Å². The summed E-state index contributed by atoms with van der Waals surface area (Å²) in [5.74, 6) is 1.28. The van der Waals surface area contributed by atoms with Crippen LogP contribution in [0.25, 0.3) is 0 Å². The van der Waals surface area contributed by atoms with E-state index in [0.29, 0.717) is 6.04 Å². The smallest absolute Gasteiger partial charge is 0.219 e. The van der Waals surface area contributed by atoms with Gasteiger partial charge >= 0.3 is 0 Å². The SMILES string of the molecule is CC(=O)N1CCCC[C@H]1CCc1cc(N2CCCC2)ncn1. The van der Waals surface area contributed by atoms with Gasteiger partial charge in [-0.2, -0.15) is 0 Å². The molecule has 0 spiro atoms. The van der Waals surface area contributed by atoms with Crippen molar-refractivity contribution in [1.82, 2.24) is 14.9 Å². The molecule has 5 heteroatoms. The predicted molar refractivity (Wildman–Crippen MR) is 86.8 cm³/mol. The van der Waals surface area contributed by atoms with Crippen LogP contribution in [0.4, 0.5) is 5.82 Å². The van der Waals surface area contributed by atoms with Crippen LogP contribution in [0, 0.1) is 0 Å². The van der Waals surface area contributed by atoms with Crippen molar-refractivity contribution in [1.29, 1.82) is 0 Å². The van der Waals surface area contributed by atoms with E-state index in [1.54, 1.807) is 13.3 Å².